The zero-order valence-electron chi connectivity index (χ0n) is 10.4. The van der Waals surface area contributed by atoms with E-state index in [4.69, 9.17) is 14.7 Å². The Kier molecular flexibility index (Phi) is 4.23. The molecular formula is C12H11BrN2O5. The lowest BCUT2D eigenvalue weighted by atomic mass is 10.1. The third kappa shape index (κ3) is 3.08. The highest BCUT2D eigenvalue weighted by Crippen LogP contribution is 2.28. The molecule has 8 heteroatoms. The molecule has 106 valence electrons. The number of methoxy groups -OCH3 is 1. The second-order valence-corrected chi connectivity index (χ2v) is 4.83. The van der Waals surface area contributed by atoms with Gasteiger partial charge in [0.1, 0.15) is 5.75 Å². The summed E-state index contributed by atoms with van der Waals surface area (Å²) in [5, 5.41) is 14.7. The van der Waals surface area contributed by atoms with Crippen molar-refractivity contribution < 1.29 is 24.3 Å². The van der Waals surface area contributed by atoms with Crippen molar-refractivity contribution in [1.82, 2.24) is 0 Å². The molecule has 0 saturated heterocycles. The highest BCUT2D eigenvalue weighted by atomic mass is 79.9. The maximum atomic E-state index is 11.9. The lowest BCUT2D eigenvalue weighted by Gasteiger charge is -2.11. The minimum Gasteiger partial charge on any atom is -0.495 e. The molecule has 0 aromatic heterocycles. The SMILES string of the molecule is COc1cc(NC(=O)C2CC(C(=O)O)=NO2)ccc1Br. The standard InChI is InChI=1S/C12H11BrN2O5/c1-19-9-4-6(2-3-7(9)13)14-11(16)10-5-8(12(17)18)15-20-10/h2-4,10H,5H2,1H3,(H,14,16)(H,17,18). The molecule has 7 nitrogen and oxygen atoms in total. The van der Waals surface area contributed by atoms with Crippen molar-refractivity contribution in [3.63, 3.8) is 0 Å². The molecule has 2 rings (SSSR count). The summed E-state index contributed by atoms with van der Waals surface area (Å²) in [5.41, 5.74) is 0.348. The smallest absolute Gasteiger partial charge is 0.353 e. The van der Waals surface area contributed by atoms with Crippen molar-refractivity contribution in [2.75, 3.05) is 12.4 Å². The van der Waals surface area contributed by atoms with Crippen LogP contribution in [0.3, 0.4) is 0 Å². The number of amides is 1. The van der Waals surface area contributed by atoms with E-state index in [0.717, 1.165) is 4.47 Å². The van der Waals surface area contributed by atoms with Crippen LogP contribution in [0, 0.1) is 0 Å². The summed E-state index contributed by atoms with van der Waals surface area (Å²) in [4.78, 5) is 27.4. The van der Waals surface area contributed by atoms with E-state index >= 15 is 0 Å². The van der Waals surface area contributed by atoms with Gasteiger partial charge in [0.25, 0.3) is 5.91 Å². The van der Waals surface area contributed by atoms with E-state index in [1.807, 2.05) is 0 Å². The Morgan fingerprint density at radius 3 is 2.90 bits per heavy atom. The maximum absolute atomic E-state index is 11.9. The lowest BCUT2D eigenvalue weighted by molar-refractivity contribution is -0.129. The third-order valence-electron chi connectivity index (χ3n) is 2.63. The number of benzene rings is 1. The van der Waals surface area contributed by atoms with Gasteiger partial charge in [0, 0.05) is 18.2 Å². The molecule has 1 aromatic rings. The first-order chi connectivity index (χ1) is 9.51. The van der Waals surface area contributed by atoms with Crippen molar-refractivity contribution in [2.45, 2.75) is 12.5 Å². The van der Waals surface area contributed by atoms with Crippen LogP contribution in [0.1, 0.15) is 6.42 Å². The Morgan fingerprint density at radius 1 is 1.55 bits per heavy atom. The van der Waals surface area contributed by atoms with Crippen LogP contribution in [0.5, 0.6) is 5.75 Å². The number of carbonyl (C=O) groups excluding carboxylic acids is 1. The van der Waals surface area contributed by atoms with Crippen molar-refractivity contribution in [3.05, 3.63) is 22.7 Å². The van der Waals surface area contributed by atoms with Crippen LogP contribution >= 0.6 is 15.9 Å². The van der Waals surface area contributed by atoms with Crippen molar-refractivity contribution in [1.29, 1.82) is 0 Å². The maximum Gasteiger partial charge on any atom is 0.353 e. The lowest BCUT2D eigenvalue weighted by Crippen LogP contribution is -2.28. The number of aliphatic carboxylic acids is 1. The number of hydrogen-bond donors (Lipinski definition) is 2. The quantitative estimate of drug-likeness (QED) is 0.866. The molecule has 1 amide bonds. The molecule has 1 atom stereocenters. The monoisotopic (exact) mass is 342 g/mol. The van der Waals surface area contributed by atoms with E-state index in [-0.39, 0.29) is 12.1 Å². The number of carboxylic acids is 1. The molecule has 0 aliphatic carbocycles. The van der Waals surface area contributed by atoms with Gasteiger partial charge in [-0.3, -0.25) is 4.79 Å². The van der Waals surface area contributed by atoms with E-state index < -0.39 is 18.0 Å². The van der Waals surface area contributed by atoms with Gasteiger partial charge < -0.3 is 20.0 Å². The van der Waals surface area contributed by atoms with Crippen LogP contribution < -0.4 is 10.1 Å². The Labute approximate surface area is 122 Å². The fourth-order valence-corrected chi connectivity index (χ4v) is 2.01. The van der Waals surface area contributed by atoms with Crippen LogP contribution in [0.4, 0.5) is 5.69 Å². The minimum absolute atomic E-state index is 0.0607. The normalized spacial score (nSPS) is 17.1. The average Bonchev–Trinajstić information content (AvgIpc) is 2.91. The molecule has 0 fully saturated rings. The number of hydrogen-bond acceptors (Lipinski definition) is 5. The number of carboxylic acid groups (broad SMARTS) is 1. The second kappa shape index (κ2) is 5.91. The number of anilines is 1. The van der Waals surface area contributed by atoms with Crippen LogP contribution in [-0.2, 0) is 14.4 Å². The summed E-state index contributed by atoms with van der Waals surface area (Å²) in [7, 11) is 1.51. The van der Waals surface area contributed by atoms with E-state index in [0.29, 0.717) is 11.4 Å². The van der Waals surface area contributed by atoms with Crippen molar-refractivity contribution >= 4 is 39.2 Å². The molecule has 1 aliphatic rings. The summed E-state index contributed by atoms with van der Waals surface area (Å²) in [5.74, 6) is -1.09. The zero-order valence-corrected chi connectivity index (χ0v) is 12.0. The topological polar surface area (TPSA) is 97.2 Å². The van der Waals surface area contributed by atoms with Crippen LogP contribution in [0.2, 0.25) is 0 Å². The molecule has 20 heavy (non-hydrogen) atoms. The predicted molar refractivity (Wildman–Crippen MR) is 73.9 cm³/mol. The number of carbonyl (C=O) groups is 2. The first-order valence-corrected chi connectivity index (χ1v) is 6.41. The van der Waals surface area contributed by atoms with Gasteiger partial charge in [0.2, 0.25) is 6.10 Å². The van der Waals surface area contributed by atoms with Gasteiger partial charge in [0.15, 0.2) is 5.71 Å². The molecule has 0 bridgehead atoms. The van der Waals surface area contributed by atoms with Crippen LogP contribution in [-0.4, -0.2) is 35.9 Å². The Bertz CT molecular complexity index is 587. The number of oxime groups is 1. The van der Waals surface area contributed by atoms with Crippen LogP contribution in [0.15, 0.2) is 27.8 Å². The highest BCUT2D eigenvalue weighted by Gasteiger charge is 2.31. The zero-order chi connectivity index (χ0) is 14.7. The first-order valence-electron chi connectivity index (χ1n) is 5.61. The molecule has 2 N–H and O–H groups in total. The van der Waals surface area contributed by atoms with E-state index in [9.17, 15) is 9.59 Å². The largest absolute Gasteiger partial charge is 0.495 e. The molecular weight excluding hydrogens is 332 g/mol. The third-order valence-corrected chi connectivity index (χ3v) is 3.28. The van der Waals surface area contributed by atoms with Gasteiger partial charge in [0.05, 0.1) is 11.6 Å². The summed E-state index contributed by atoms with van der Waals surface area (Å²) in [6.45, 7) is 0. The average molecular weight is 343 g/mol. The molecule has 1 aliphatic heterocycles. The molecule has 1 aromatic carbocycles. The molecule has 0 radical (unpaired) electrons. The molecule has 1 heterocycles. The fourth-order valence-electron chi connectivity index (χ4n) is 1.60. The molecule has 0 saturated carbocycles. The van der Waals surface area contributed by atoms with E-state index in [1.54, 1.807) is 18.2 Å². The van der Waals surface area contributed by atoms with Gasteiger partial charge in [-0.05, 0) is 28.1 Å². The fraction of sp³-hybridized carbons (Fsp3) is 0.250. The van der Waals surface area contributed by atoms with Crippen molar-refractivity contribution in [2.24, 2.45) is 5.16 Å². The molecule has 0 spiro atoms. The van der Waals surface area contributed by atoms with Gasteiger partial charge in [-0.1, -0.05) is 5.16 Å². The number of nitrogens with zero attached hydrogens (tertiary/aromatic N) is 1. The molecule has 1 unspecified atom stereocenters. The number of nitrogens with one attached hydrogen (secondary N) is 1. The first kappa shape index (κ1) is 14.3. The van der Waals surface area contributed by atoms with E-state index in [1.165, 1.54) is 7.11 Å². The van der Waals surface area contributed by atoms with Gasteiger partial charge in [-0.2, -0.15) is 0 Å². The number of ether oxygens (including phenoxy) is 1. The number of rotatable bonds is 4. The number of halogens is 1. The summed E-state index contributed by atoms with van der Waals surface area (Å²) in [6.07, 6.45) is -0.995. The summed E-state index contributed by atoms with van der Waals surface area (Å²) in [6, 6.07) is 5.04. The highest BCUT2D eigenvalue weighted by molar-refractivity contribution is 9.10. The minimum atomic E-state index is -1.19. The summed E-state index contributed by atoms with van der Waals surface area (Å²) >= 11 is 3.30. The van der Waals surface area contributed by atoms with Gasteiger partial charge in [-0.15, -0.1) is 0 Å². The Morgan fingerprint density at radius 2 is 2.30 bits per heavy atom. The Balaban J connectivity index is 2.01. The van der Waals surface area contributed by atoms with E-state index in [2.05, 4.69) is 26.4 Å². The van der Waals surface area contributed by atoms with Gasteiger partial charge in [-0.25, -0.2) is 4.79 Å². The summed E-state index contributed by atoms with van der Waals surface area (Å²) < 4.78 is 5.87. The second-order valence-electron chi connectivity index (χ2n) is 3.98. The van der Waals surface area contributed by atoms with Crippen LogP contribution in [0.25, 0.3) is 0 Å². The predicted octanol–water partition coefficient (Wildman–Crippen LogP) is 1.63. The van der Waals surface area contributed by atoms with Crippen molar-refractivity contribution in [3.8, 4) is 5.75 Å². The Hall–Kier alpha value is -2.09. The van der Waals surface area contributed by atoms with Gasteiger partial charge >= 0.3 is 5.97 Å².